The third-order valence-electron chi connectivity index (χ3n) is 4.49. The zero-order valence-corrected chi connectivity index (χ0v) is 17.1. The number of anilines is 1. The van der Waals surface area contributed by atoms with E-state index in [2.05, 4.69) is 5.32 Å². The fourth-order valence-electron chi connectivity index (χ4n) is 3.16. The molecule has 0 spiro atoms. The first kappa shape index (κ1) is 20.0. The van der Waals surface area contributed by atoms with E-state index in [0.717, 1.165) is 19.3 Å². The zero-order valence-electron chi connectivity index (χ0n) is 15.4. The van der Waals surface area contributed by atoms with E-state index < -0.39 is 10.0 Å². The zero-order chi connectivity index (χ0) is 19.3. The molecule has 2 heterocycles. The molecule has 0 aliphatic carbocycles. The summed E-state index contributed by atoms with van der Waals surface area (Å²) in [6.45, 7) is 2.06. The Bertz CT molecular complexity index is 860. The largest absolute Gasteiger partial charge is 0.325 e. The molecule has 6 nitrogen and oxygen atoms in total. The van der Waals surface area contributed by atoms with Crippen molar-refractivity contribution in [1.82, 2.24) is 9.21 Å². The Morgan fingerprint density at radius 3 is 2.67 bits per heavy atom. The minimum Gasteiger partial charge on any atom is -0.325 e. The number of carbonyl (C=O) groups excluding carboxylic acids is 1. The first-order valence-electron chi connectivity index (χ1n) is 9.06. The van der Waals surface area contributed by atoms with Crippen molar-refractivity contribution >= 4 is 33.0 Å². The van der Waals surface area contributed by atoms with Crippen LogP contribution in [0.3, 0.4) is 0 Å². The number of sulfonamides is 1. The highest BCUT2D eigenvalue weighted by Crippen LogP contribution is 2.23. The van der Waals surface area contributed by atoms with Crippen molar-refractivity contribution in [1.29, 1.82) is 0 Å². The smallest absolute Gasteiger partial charge is 0.243 e. The normalized spacial score (nSPS) is 15.8. The second-order valence-electron chi connectivity index (χ2n) is 6.79. The van der Waals surface area contributed by atoms with Crippen LogP contribution in [0.4, 0.5) is 5.69 Å². The van der Waals surface area contributed by atoms with Crippen molar-refractivity contribution < 1.29 is 13.2 Å². The van der Waals surface area contributed by atoms with Gasteiger partial charge >= 0.3 is 0 Å². The standard InChI is InChI=1S/C19H25N3O3S2/c1-21(14-17-8-6-12-26-17)15-19(23)20-16-7-5-9-18(13-16)27(24,25)22-10-3-2-4-11-22/h5-9,12-13H,2-4,10-11,14-15H2,1H3,(H,20,23). The lowest BCUT2D eigenvalue weighted by molar-refractivity contribution is -0.117. The van der Waals surface area contributed by atoms with Gasteiger partial charge in [0.05, 0.1) is 11.4 Å². The van der Waals surface area contributed by atoms with E-state index in [9.17, 15) is 13.2 Å². The number of likely N-dealkylation sites (N-methyl/N-ethyl adjacent to an activating group) is 1. The second-order valence-corrected chi connectivity index (χ2v) is 9.76. The van der Waals surface area contributed by atoms with Gasteiger partial charge in [0.2, 0.25) is 15.9 Å². The maximum absolute atomic E-state index is 12.8. The van der Waals surface area contributed by atoms with Crippen LogP contribution >= 0.6 is 11.3 Å². The number of thiophene rings is 1. The Morgan fingerprint density at radius 2 is 1.96 bits per heavy atom. The summed E-state index contributed by atoms with van der Waals surface area (Å²) < 4.78 is 27.1. The molecule has 0 bridgehead atoms. The van der Waals surface area contributed by atoms with Gasteiger partial charge in [-0.2, -0.15) is 4.31 Å². The van der Waals surface area contributed by atoms with Gasteiger partial charge in [-0.1, -0.05) is 18.6 Å². The van der Waals surface area contributed by atoms with Crippen molar-refractivity contribution in [3.05, 3.63) is 46.7 Å². The number of nitrogens with zero attached hydrogens (tertiary/aromatic N) is 2. The molecule has 1 amide bonds. The predicted octanol–water partition coefficient (Wildman–Crippen LogP) is 2.99. The summed E-state index contributed by atoms with van der Waals surface area (Å²) >= 11 is 1.66. The summed E-state index contributed by atoms with van der Waals surface area (Å²) in [7, 11) is -1.62. The van der Waals surface area contributed by atoms with Gasteiger partial charge in [-0.3, -0.25) is 9.69 Å². The highest BCUT2D eigenvalue weighted by molar-refractivity contribution is 7.89. The summed E-state index contributed by atoms with van der Waals surface area (Å²) in [5, 5.41) is 4.82. The van der Waals surface area contributed by atoms with Crippen LogP contribution in [0.2, 0.25) is 0 Å². The summed E-state index contributed by atoms with van der Waals surface area (Å²) in [6.07, 6.45) is 2.86. The summed E-state index contributed by atoms with van der Waals surface area (Å²) in [6, 6.07) is 10.5. The Hall–Kier alpha value is -1.74. The average Bonchev–Trinajstić information content (AvgIpc) is 3.15. The fraction of sp³-hybridized carbons (Fsp3) is 0.421. The average molecular weight is 408 g/mol. The lowest BCUT2D eigenvalue weighted by atomic mass is 10.2. The minimum atomic E-state index is -3.50. The van der Waals surface area contributed by atoms with Gasteiger partial charge in [-0.15, -0.1) is 11.3 Å². The molecule has 146 valence electrons. The number of benzene rings is 1. The van der Waals surface area contributed by atoms with E-state index in [1.165, 1.54) is 9.18 Å². The van der Waals surface area contributed by atoms with Gasteiger partial charge in [-0.05, 0) is 49.5 Å². The third-order valence-corrected chi connectivity index (χ3v) is 7.25. The third kappa shape index (κ3) is 5.38. The molecule has 27 heavy (non-hydrogen) atoms. The van der Waals surface area contributed by atoms with E-state index in [4.69, 9.17) is 0 Å². The summed E-state index contributed by atoms with van der Waals surface area (Å²) in [5.74, 6) is -0.165. The first-order chi connectivity index (χ1) is 12.9. The van der Waals surface area contributed by atoms with Crippen LogP contribution in [0.1, 0.15) is 24.1 Å². The Balaban J connectivity index is 1.62. The SMILES string of the molecule is CN(CC(=O)Nc1cccc(S(=O)(=O)N2CCCCC2)c1)Cc1cccs1. The lowest BCUT2D eigenvalue weighted by Crippen LogP contribution is -2.35. The number of nitrogens with one attached hydrogen (secondary N) is 1. The maximum Gasteiger partial charge on any atom is 0.243 e. The van der Waals surface area contributed by atoms with Gasteiger partial charge in [0.1, 0.15) is 0 Å². The molecule has 0 saturated carbocycles. The van der Waals surface area contributed by atoms with E-state index >= 15 is 0 Å². The molecule has 0 atom stereocenters. The van der Waals surface area contributed by atoms with Crippen LogP contribution in [-0.2, 0) is 21.4 Å². The van der Waals surface area contributed by atoms with E-state index in [0.29, 0.717) is 25.3 Å². The van der Waals surface area contributed by atoms with Crippen molar-refractivity contribution in [3.63, 3.8) is 0 Å². The quantitative estimate of drug-likeness (QED) is 0.766. The van der Waals surface area contributed by atoms with Gasteiger partial charge in [0, 0.05) is 30.2 Å². The number of rotatable bonds is 7. The molecule has 1 fully saturated rings. The van der Waals surface area contributed by atoms with Gasteiger partial charge in [-0.25, -0.2) is 8.42 Å². The molecule has 1 aromatic carbocycles. The summed E-state index contributed by atoms with van der Waals surface area (Å²) in [5.41, 5.74) is 0.502. The predicted molar refractivity (Wildman–Crippen MR) is 108 cm³/mol. The second kappa shape index (κ2) is 8.97. The molecule has 1 N–H and O–H groups in total. The molecule has 0 unspecified atom stereocenters. The monoisotopic (exact) mass is 407 g/mol. The Morgan fingerprint density at radius 1 is 1.19 bits per heavy atom. The van der Waals surface area contributed by atoms with Gasteiger partial charge in [0.15, 0.2) is 0 Å². The lowest BCUT2D eigenvalue weighted by Gasteiger charge is -2.26. The van der Waals surface area contributed by atoms with Crippen molar-refractivity contribution in [3.8, 4) is 0 Å². The van der Waals surface area contributed by atoms with Crippen LogP contribution in [-0.4, -0.2) is 50.2 Å². The molecule has 1 aliphatic rings. The molecule has 0 radical (unpaired) electrons. The molecule has 2 aromatic rings. The molecular formula is C19H25N3O3S2. The molecule has 1 aliphatic heterocycles. The van der Waals surface area contributed by atoms with Gasteiger partial charge < -0.3 is 5.32 Å². The van der Waals surface area contributed by atoms with Crippen molar-refractivity contribution in [2.75, 3.05) is 32.0 Å². The Labute approximate surface area is 164 Å². The fourth-order valence-corrected chi connectivity index (χ4v) is 5.51. The molecule has 8 heteroatoms. The highest BCUT2D eigenvalue weighted by atomic mass is 32.2. The maximum atomic E-state index is 12.8. The van der Waals surface area contributed by atoms with Crippen LogP contribution in [0, 0.1) is 0 Å². The molecule has 3 rings (SSSR count). The van der Waals surface area contributed by atoms with E-state index in [-0.39, 0.29) is 17.3 Å². The molecule has 1 saturated heterocycles. The molecule has 1 aromatic heterocycles. The van der Waals surface area contributed by atoms with Crippen molar-refractivity contribution in [2.45, 2.75) is 30.7 Å². The van der Waals surface area contributed by atoms with E-state index in [1.54, 1.807) is 35.6 Å². The minimum absolute atomic E-state index is 0.165. The highest BCUT2D eigenvalue weighted by Gasteiger charge is 2.26. The number of carbonyl (C=O) groups is 1. The van der Waals surface area contributed by atoms with Crippen LogP contribution in [0.5, 0.6) is 0 Å². The molecular weight excluding hydrogens is 382 g/mol. The van der Waals surface area contributed by atoms with Crippen LogP contribution < -0.4 is 5.32 Å². The topological polar surface area (TPSA) is 69.7 Å². The van der Waals surface area contributed by atoms with Gasteiger partial charge in [0.25, 0.3) is 0 Å². The Kier molecular flexibility index (Phi) is 6.64. The summed E-state index contributed by atoms with van der Waals surface area (Å²) in [4.78, 5) is 15.7. The van der Waals surface area contributed by atoms with Crippen LogP contribution in [0.15, 0.2) is 46.7 Å². The number of piperidine rings is 1. The van der Waals surface area contributed by atoms with Crippen molar-refractivity contribution in [2.24, 2.45) is 0 Å². The first-order valence-corrected chi connectivity index (χ1v) is 11.4. The van der Waals surface area contributed by atoms with E-state index in [1.807, 2.05) is 29.5 Å². The number of hydrogen-bond donors (Lipinski definition) is 1. The number of hydrogen-bond acceptors (Lipinski definition) is 5. The number of amides is 1. The van der Waals surface area contributed by atoms with Crippen LogP contribution in [0.25, 0.3) is 0 Å².